The number of halogens is 4. The summed E-state index contributed by atoms with van der Waals surface area (Å²) in [5.74, 6) is -1.11. The van der Waals surface area contributed by atoms with Crippen molar-refractivity contribution >= 4 is 42.7 Å². The van der Waals surface area contributed by atoms with Crippen LogP contribution in [0.3, 0.4) is 0 Å². The van der Waals surface area contributed by atoms with Crippen LogP contribution in [0.2, 0.25) is 5.02 Å². The third-order valence-corrected chi connectivity index (χ3v) is 7.62. The standard InChI is InChI=1S/C20H18ClF3NO4PS/c1-30(27,28)18(16-11-31-17-6-5-13(21)10-15(16)17)19(26)25-8-7-12-3-2-4-14(9-12)29-20(22,23)24/h2-10,16,18H,11H2,1H3,(H,25,26)(H,27,28)/b8-7+. The summed E-state index contributed by atoms with van der Waals surface area (Å²) in [4.78, 5) is 24.0. The van der Waals surface area contributed by atoms with Crippen LogP contribution in [0.5, 0.6) is 5.75 Å². The molecule has 11 heteroatoms. The predicted octanol–water partition coefficient (Wildman–Crippen LogP) is 5.48. The van der Waals surface area contributed by atoms with Crippen molar-refractivity contribution in [3.05, 3.63) is 64.8 Å². The van der Waals surface area contributed by atoms with E-state index in [2.05, 4.69) is 10.1 Å². The Morgan fingerprint density at radius 1 is 1.35 bits per heavy atom. The number of hydrogen-bond donors (Lipinski definition) is 2. The number of benzene rings is 2. The second-order valence-electron chi connectivity index (χ2n) is 6.95. The van der Waals surface area contributed by atoms with E-state index in [-0.39, 0.29) is 0 Å². The molecule has 0 radical (unpaired) electrons. The summed E-state index contributed by atoms with van der Waals surface area (Å²) in [6.45, 7) is 1.13. The maximum Gasteiger partial charge on any atom is 0.573 e. The van der Waals surface area contributed by atoms with Crippen LogP contribution in [-0.2, 0) is 9.36 Å². The Hall–Kier alpha value is -1.93. The molecule has 1 aliphatic heterocycles. The van der Waals surface area contributed by atoms with E-state index in [9.17, 15) is 27.4 Å². The van der Waals surface area contributed by atoms with Crippen molar-refractivity contribution in [2.75, 3.05) is 12.4 Å². The lowest BCUT2D eigenvalue weighted by molar-refractivity contribution is -0.274. The summed E-state index contributed by atoms with van der Waals surface area (Å²) in [5, 5.41) is 2.94. The first kappa shape index (κ1) is 23.7. The molecule has 0 bridgehead atoms. The van der Waals surface area contributed by atoms with E-state index in [1.54, 1.807) is 12.1 Å². The van der Waals surface area contributed by atoms with Gasteiger partial charge in [-0.3, -0.25) is 9.36 Å². The topological polar surface area (TPSA) is 75.6 Å². The van der Waals surface area contributed by atoms with Gasteiger partial charge in [-0.05, 0) is 47.5 Å². The van der Waals surface area contributed by atoms with Crippen LogP contribution in [0.25, 0.3) is 6.08 Å². The van der Waals surface area contributed by atoms with Gasteiger partial charge in [0.1, 0.15) is 11.4 Å². The number of thioether (sulfide) groups is 1. The maximum absolute atomic E-state index is 12.8. The van der Waals surface area contributed by atoms with E-state index in [1.165, 1.54) is 36.2 Å². The fourth-order valence-electron chi connectivity index (χ4n) is 3.33. The molecule has 0 spiro atoms. The Kier molecular flexibility index (Phi) is 7.11. The average molecular weight is 492 g/mol. The molecule has 0 aliphatic carbocycles. The van der Waals surface area contributed by atoms with Crippen LogP contribution in [0.4, 0.5) is 13.2 Å². The zero-order chi connectivity index (χ0) is 22.8. The number of hydrogen-bond acceptors (Lipinski definition) is 4. The lowest BCUT2D eigenvalue weighted by atomic mass is 9.97. The third-order valence-electron chi connectivity index (χ3n) is 4.55. The number of fused-ring (bicyclic) bond motifs is 1. The molecule has 1 amide bonds. The summed E-state index contributed by atoms with van der Waals surface area (Å²) in [6.07, 6.45) is -2.23. The zero-order valence-electron chi connectivity index (χ0n) is 16.1. The van der Waals surface area contributed by atoms with E-state index < -0.39 is 37.0 Å². The van der Waals surface area contributed by atoms with Gasteiger partial charge in [-0.1, -0.05) is 23.7 Å². The van der Waals surface area contributed by atoms with Gasteiger partial charge in [0.05, 0.1) is 0 Å². The van der Waals surface area contributed by atoms with Crippen LogP contribution in [-0.4, -0.2) is 35.2 Å². The quantitative estimate of drug-likeness (QED) is 0.523. The van der Waals surface area contributed by atoms with Gasteiger partial charge in [0.2, 0.25) is 13.3 Å². The highest BCUT2D eigenvalue weighted by atomic mass is 35.5. The SMILES string of the molecule is CP(=O)(O)C(C(=O)N/C=C/c1cccc(OC(F)(F)F)c1)C1CSc2ccc(Cl)cc21. The molecule has 3 rings (SSSR count). The largest absolute Gasteiger partial charge is 0.573 e. The van der Waals surface area contributed by atoms with Crippen LogP contribution < -0.4 is 10.1 Å². The minimum atomic E-state index is -4.81. The van der Waals surface area contributed by atoms with E-state index in [4.69, 9.17) is 11.6 Å². The number of carbonyl (C=O) groups excluding carboxylic acids is 1. The first-order valence-electron chi connectivity index (χ1n) is 8.99. The molecule has 1 aliphatic rings. The second-order valence-corrected chi connectivity index (χ2v) is 10.9. The van der Waals surface area contributed by atoms with Crippen LogP contribution in [0.15, 0.2) is 53.6 Å². The molecule has 0 aromatic heterocycles. The summed E-state index contributed by atoms with van der Waals surface area (Å²) in [7, 11) is -3.84. The molecule has 3 unspecified atom stereocenters. The van der Waals surface area contributed by atoms with Gasteiger partial charge < -0.3 is 14.9 Å². The van der Waals surface area contributed by atoms with Crippen molar-refractivity contribution in [3.63, 3.8) is 0 Å². The normalized spacial score (nSPS) is 19.0. The lowest BCUT2D eigenvalue weighted by Gasteiger charge is -2.25. The predicted molar refractivity (Wildman–Crippen MR) is 115 cm³/mol. The van der Waals surface area contributed by atoms with Gasteiger partial charge in [-0.15, -0.1) is 24.9 Å². The Bertz CT molecular complexity index is 1060. The monoisotopic (exact) mass is 491 g/mol. The minimum absolute atomic E-state index is 0.343. The molecule has 31 heavy (non-hydrogen) atoms. The summed E-state index contributed by atoms with van der Waals surface area (Å²) >= 11 is 7.54. The number of ether oxygens (including phenoxy) is 1. The first-order valence-corrected chi connectivity index (χ1v) is 12.5. The second kappa shape index (κ2) is 9.28. The molecule has 0 fully saturated rings. The zero-order valence-corrected chi connectivity index (χ0v) is 18.6. The van der Waals surface area contributed by atoms with E-state index >= 15 is 0 Å². The highest BCUT2D eigenvalue weighted by Gasteiger charge is 2.43. The molecular formula is C20H18ClF3NO4PS. The Labute approximate surface area is 186 Å². The van der Waals surface area contributed by atoms with Gasteiger partial charge in [-0.2, -0.15) is 0 Å². The van der Waals surface area contributed by atoms with Crippen LogP contribution in [0, 0.1) is 0 Å². The molecule has 166 valence electrons. The first-order chi connectivity index (χ1) is 14.4. The molecule has 0 saturated carbocycles. The van der Waals surface area contributed by atoms with Gasteiger partial charge >= 0.3 is 6.36 Å². The molecule has 2 aromatic rings. The average Bonchev–Trinajstić information content (AvgIpc) is 3.02. The summed E-state index contributed by atoms with van der Waals surface area (Å²) in [6, 6.07) is 10.4. The third kappa shape index (κ3) is 6.29. The van der Waals surface area contributed by atoms with Crippen molar-refractivity contribution in [1.29, 1.82) is 0 Å². The molecule has 3 atom stereocenters. The summed E-state index contributed by atoms with van der Waals surface area (Å²) < 4.78 is 53.5. The van der Waals surface area contributed by atoms with Crippen molar-refractivity contribution < 1.29 is 32.2 Å². The number of alkyl halides is 3. The fourth-order valence-corrected chi connectivity index (χ4v) is 6.36. The van der Waals surface area contributed by atoms with Crippen molar-refractivity contribution in [2.45, 2.75) is 22.8 Å². The van der Waals surface area contributed by atoms with E-state index in [0.29, 0.717) is 16.3 Å². The maximum atomic E-state index is 12.8. The number of amides is 1. The van der Waals surface area contributed by atoms with Crippen molar-refractivity contribution in [1.82, 2.24) is 5.32 Å². The molecule has 5 nitrogen and oxygen atoms in total. The van der Waals surface area contributed by atoms with Crippen molar-refractivity contribution in [3.8, 4) is 5.75 Å². The van der Waals surface area contributed by atoms with E-state index in [1.807, 2.05) is 6.07 Å². The summed E-state index contributed by atoms with van der Waals surface area (Å²) in [5.41, 5.74) is -0.116. The van der Waals surface area contributed by atoms with Crippen LogP contribution >= 0.6 is 30.7 Å². The van der Waals surface area contributed by atoms with Gasteiger partial charge in [-0.25, -0.2) is 0 Å². The smallest absolute Gasteiger partial charge is 0.406 e. The molecule has 1 heterocycles. The molecule has 2 N–H and O–H groups in total. The molecule has 0 saturated heterocycles. The highest BCUT2D eigenvalue weighted by molar-refractivity contribution is 7.99. The number of nitrogens with one attached hydrogen (secondary N) is 1. The Morgan fingerprint density at radius 2 is 2.10 bits per heavy atom. The molecular weight excluding hydrogens is 474 g/mol. The fraction of sp³-hybridized carbons (Fsp3) is 0.250. The van der Waals surface area contributed by atoms with Gasteiger partial charge in [0, 0.05) is 34.5 Å². The van der Waals surface area contributed by atoms with Gasteiger partial charge in [0.15, 0.2) is 0 Å². The van der Waals surface area contributed by atoms with E-state index in [0.717, 1.165) is 29.3 Å². The minimum Gasteiger partial charge on any atom is -0.406 e. The van der Waals surface area contributed by atoms with Crippen LogP contribution in [0.1, 0.15) is 17.0 Å². The Morgan fingerprint density at radius 3 is 2.77 bits per heavy atom. The highest BCUT2D eigenvalue weighted by Crippen LogP contribution is 2.54. The number of rotatable bonds is 6. The lowest BCUT2D eigenvalue weighted by Crippen LogP contribution is -2.36. The number of carbonyl (C=O) groups is 1. The van der Waals surface area contributed by atoms with Crippen molar-refractivity contribution in [2.24, 2.45) is 0 Å². The molecule has 2 aromatic carbocycles. The van der Waals surface area contributed by atoms with Gasteiger partial charge in [0.25, 0.3) is 0 Å². The Balaban J connectivity index is 1.76.